The number of halogens is 1. The van der Waals surface area contributed by atoms with E-state index in [4.69, 9.17) is 16.9 Å². The summed E-state index contributed by atoms with van der Waals surface area (Å²) in [6, 6.07) is 6.96. The zero-order valence-electron chi connectivity index (χ0n) is 16.2. The minimum atomic E-state index is -0.201. The normalized spacial score (nSPS) is 10.6. The first-order valence-corrected chi connectivity index (χ1v) is 9.29. The lowest BCUT2D eigenvalue weighted by Crippen LogP contribution is -2.15. The van der Waals surface area contributed by atoms with Crippen LogP contribution in [0.3, 0.4) is 0 Å². The molecule has 0 unspecified atom stereocenters. The van der Waals surface area contributed by atoms with Crippen molar-refractivity contribution in [2.75, 3.05) is 10.6 Å². The van der Waals surface area contributed by atoms with Gasteiger partial charge in [-0.2, -0.15) is 10.4 Å². The Balaban J connectivity index is 1.71. The molecule has 0 atom stereocenters. The summed E-state index contributed by atoms with van der Waals surface area (Å²) >= 11 is 6.19. The molecule has 3 rings (SSSR count). The molecule has 29 heavy (non-hydrogen) atoms. The molecule has 8 nitrogen and oxygen atoms in total. The van der Waals surface area contributed by atoms with E-state index < -0.39 is 0 Å². The van der Waals surface area contributed by atoms with Crippen LogP contribution in [0.2, 0.25) is 5.02 Å². The number of carbonyl (C=O) groups is 2. The number of aryl methyl sites for hydroxylation is 2. The highest BCUT2D eigenvalue weighted by atomic mass is 35.5. The molecule has 0 aliphatic rings. The smallest absolute Gasteiger partial charge is 0.224 e. The van der Waals surface area contributed by atoms with Crippen molar-refractivity contribution < 1.29 is 9.59 Å². The number of aromatic nitrogens is 3. The van der Waals surface area contributed by atoms with Gasteiger partial charge in [0.15, 0.2) is 5.65 Å². The van der Waals surface area contributed by atoms with Crippen molar-refractivity contribution in [3.05, 3.63) is 51.9 Å². The molecule has 0 spiro atoms. The summed E-state index contributed by atoms with van der Waals surface area (Å²) in [4.78, 5) is 28.0. The van der Waals surface area contributed by atoms with Gasteiger partial charge in [-0.05, 0) is 44.0 Å². The monoisotopic (exact) mass is 410 g/mol. The van der Waals surface area contributed by atoms with Gasteiger partial charge in [0.1, 0.15) is 11.6 Å². The maximum absolute atomic E-state index is 12.4. The van der Waals surface area contributed by atoms with E-state index in [1.165, 1.54) is 13.1 Å². The van der Waals surface area contributed by atoms with E-state index in [2.05, 4.69) is 26.8 Å². The van der Waals surface area contributed by atoms with Crippen LogP contribution in [0.1, 0.15) is 35.9 Å². The number of nitriles is 1. The van der Waals surface area contributed by atoms with E-state index >= 15 is 0 Å². The molecule has 1 aromatic carbocycles. The van der Waals surface area contributed by atoms with Gasteiger partial charge in [-0.15, -0.1) is 0 Å². The molecule has 148 valence electrons. The van der Waals surface area contributed by atoms with Crippen LogP contribution in [0.25, 0.3) is 5.65 Å². The highest BCUT2D eigenvalue weighted by molar-refractivity contribution is 6.34. The molecule has 3 aromatic rings. The molecule has 0 bridgehead atoms. The highest BCUT2D eigenvalue weighted by Crippen LogP contribution is 2.26. The Bertz CT molecular complexity index is 1160. The molecular weight excluding hydrogens is 392 g/mol. The van der Waals surface area contributed by atoms with E-state index in [1.807, 2.05) is 13.8 Å². The summed E-state index contributed by atoms with van der Waals surface area (Å²) in [5.74, 6) is -0.399. The summed E-state index contributed by atoms with van der Waals surface area (Å²) in [6.07, 6.45) is 2.18. The number of nitrogens with one attached hydrogen (secondary N) is 2. The van der Waals surface area contributed by atoms with Crippen molar-refractivity contribution in [1.82, 2.24) is 14.6 Å². The SMILES string of the molecule is CC(=O)Nc1ccc(NC(=O)CCc2c(C)nc3c(C#N)cnn3c2C)c(Cl)c1. The topological polar surface area (TPSA) is 112 Å². The van der Waals surface area contributed by atoms with Gasteiger partial charge in [-0.25, -0.2) is 9.50 Å². The fourth-order valence-electron chi connectivity index (χ4n) is 3.10. The molecule has 2 aromatic heterocycles. The number of fused-ring (bicyclic) bond motifs is 1. The molecule has 0 fully saturated rings. The number of amides is 2. The third-order valence-electron chi connectivity index (χ3n) is 4.49. The highest BCUT2D eigenvalue weighted by Gasteiger charge is 2.15. The van der Waals surface area contributed by atoms with Crippen LogP contribution in [0.5, 0.6) is 0 Å². The van der Waals surface area contributed by atoms with Gasteiger partial charge >= 0.3 is 0 Å². The maximum atomic E-state index is 12.4. The van der Waals surface area contributed by atoms with Crippen LogP contribution in [0, 0.1) is 25.2 Å². The first-order valence-electron chi connectivity index (χ1n) is 8.91. The van der Waals surface area contributed by atoms with Gasteiger partial charge in [0.25, 0.3) is 0 Å². The summed E-state index contributed by atoms with van der Waals surface area (Å²) in [6.45, 7) is 5.15. The predicted octanol–water partition coefficient (Wildman–Crippen LogP) is 3.40. The summed E-state index contributed by atoms with van der Waals surface area (Å²) in [7, 11) is 0. The molecule has 2 amide bonds. The maximum Gasteiger partial charge on any atom is 0.224 e. The van der Waals surface area contributed by atoms with Gasteiger partial charge < -0.3 is 10.6 Å². The number of anilines is 2. The minimum Gasteiger partial charge on any atom is -0.326 e. The molecule has 2 heterocycles. The van der Waals surface area contributed by atoms with Crippen LogP contribution >= 0.6 is 11.6 Å². The Kier molecular flexibility index (Phi) is 5.80. The molecule has 2 N–H and O–H groups in total. The second kappa shape index (κ2) is 8.29. The molecule has 9 heteroatoms. The first kappa shape index (κ1) is 20.3. The van der Waals surface area contributed by atoms with Gasteiger partial charge in [-0.3, -0.25) is 9.59 Å². The lowest BCUT2D eigenvalue weighted by Gasteiger charge is -2.12. The van der Waals surface area contributed by atoms with Gasteiger partial charge in [-0.1, -0.05) is 11.6 Å². The predicted molar refractivity (Wildman–Crippen MR) is 110 cm³/mol. The van der Waals surface area contributed by atoms with Crippen LogP contribution in [0.4, 0.5) is 11.4 Å². The molecule has 0 saturated heterocycles. The van der Waals surface area contributed by atoms with Crippen molar-refractivity contribution >= 4 is 40.4 Å². The van der Waals surface area contributed by atoms with E-state index in [0.29, 0.717) is 34.0 Å². The summed E-state index contributed by atoms with van der Waals surface area (Å²) in [5.41, 5.74) is 4.48. The summed E-state index contributed by atoms with van der Waals surface area (Å²) < 4.78 is 1.62. The number of hydrogen-bond acceptors (Lipinski definition) is 5. The number of benzene rings is 1. The van der Waals surface area contributed by atoms with Crippen molar-refractivity contribution in [3.63, 3.8) is 0 Å². The minimum absolute atomic E-state index is 0.198. The van der Waals surface area contributed by atoms with Crippen molar-refractivity contribution in [3.8, 4) is 6.07 Å². The number of hydrogen-bond donors (Lipinski definition) is 2. The average molecular weight is 411 g/mol. The fourth-order valence-corrected chi connectivity index (χ4v) is 3.33. The second-order valence-electron chi connectivity index (χ2n) is 6.59. The van der Waals surface area contributed by atoms with E-state index in [-0.39, 0.29) is 18.2 Å². The Morgan fingerprint density at radius 1 is 1.28 bits per heavy atom. The average Bonchev–Trinajstić information content (AvgIpc) is 3.06. The Hall–Kier alpha value is -3.44. The van der Waals surface area contributed by atoms with E-state index in [0.717, 1.165) is 17.0 Å². The molecule has 0 aliphatic carbocycles. The fraction of sp³-hybridized carbons (Fsp3) is 0.250. The number of carbonyl (C=O) groups excluding carboxylic acids is 2. The van der Waals surface area contributed by atoms with Crippen LogP contribution < -0.4 is 10.6 Å². The lowest BCUT2D eigenvalue weighted by molar-refractivity contribution is -0.116. The van der Waals surface area contributed by atoms with E-state index in [1.54, 1.807) is 22.7 Å². The molecule has 0 aliphatic heterocycles. The van der Waals surface area contributed by atoms with Gasteiger partial charge in [0.2, 0.25) is 11.8 Å². The third-order valence-corrected chi connectivity index (χ3v) is 4.81. The number of rotatable bonds is 5. The van der Waals surface area contributed by atoms with Crippen LogP contribution in [0.15, 0.2) is 24.4 Å². The van der Waals surface area contributed by atoms with E-state index in [9.17, 15) is 9.59 Å². The van der Waals surface area contributed by atoms with Crippen molar-refractivity contribution in [1.29, 1.82) is 5.26 Å². The largest absolute Gasteiger partial charge is 0.326 e. The zero-order valence-corrected chi connectivity index (χ0v) is 17.0. The zero-order chi connectivity index (χ0) is 21.1. The standard InChI is InChI=1S/C20H19ClN6O2/c1-11-16(12(2)27-20(24-11)14(9-22)10-23-27)5-7-19(29)26-18-6-4-15(8-17(18)21)25-13(3)28/h4,6,8,10H,5,7H2,1-3H3,(H,25,28)(H,26,29). The lowest BCUT2D eigenvalue weighted by atomic mass is 10.1. The number of nitrogens with zero attached hydrogens (tertiary/aromatic N) is 4. The quantitative estimate of drug-likeness (QED) is 0.669. The Labute approximate surface area is 172 Å². The molecule has 0 saturated carbocycles. The first-order chi connectivity index (χ1) is 13.8. The molecular formula is C20H19ClN6O2. The van der Waals surface area contributed by atoms with Crippen LogP contribution in [-0.4, -0.2) is 26.4 Å². The van der Waals surface area contributed by atoms with Crippen molar-refractivity contribution in [2.45, 2.75) is 33.6 Å². The van der Waals surface area contributed by atoms with Crippen molar-refractivity contribution in [2.24, 2.45) is 0 Å². The van der Waals surface area contributed by atoms with Crippen LogP contribution in [-0.2, 0) is 16.0 Å². The third kappa shape index (κ3) is 4.36. The molecule has 0 radical (unpaired) electrons. The Morgan fingerprint density at radius 2 is 2.03 bits per heavy atom. The van der Waals surface area contributed by atoms with Gasteiger partial charge in [0.05, 0.1) is 16.9 Å². The Morgan fingerprint density at radius 3 is 2.69 bits per heavy atom. The van der Waals surface area contributed by atoms with Gasteiger partial charge in [0, 0.05) is 30.4 Å². The second-order valence-corrected chi connectivity index (χ2v) is 7.00. The summed E-state index contributed by atoms with van der Waals surface area (Å²) in [5, 5.41) is 19.1.